The zero-order valence-electron chi connectivity index (χ0n) is 16.3. The topological polar surface area (TPSA) is 66.9 Å². The number of halogens is 1. The Morgan fingerprint density at radius 3 is 2.27 bits per heavy atom. The van der Waals surface area contributed by atoms with Crippen molar-refractivity contribution in [2.75, 3.05) is 10.6 Å². The number of benzene rings is 3. The molecule has 0 saturated carbocycles. The molecule has 0 fully saturated rings. The molecular weight excluding hydrogens is 396 g/mol. The molecule has 0 aliphatic heterocycles. The first-order chi connectivity index (χ1) is 14.6. The predicted octanol–water partition coefficient (Wildman–Crippen LogP) is 6.10. The molecule has 0 bridgehead atoms. The summed E-state index contributed by atoms with van der Waals surface area (Å²) in [6.45, 7) is 2.05. The molecule has 4 aromatic rings. The third-order valence-electron chi connectivity index (χ3n) is 4.50. The van der Waals surface area contributed by atoms with Gasteiger partial charge < -0.3 is 10.6 Å². The third kappa shape index (κ3) is 4.82. The van der Waals surface area contributed by atoms with Gasteiger partial charge in [-0.15, -0.1) is 0 Å². The molecule has 5 nitrogen and oxygen atoms in total. The Labute approximate surface area is 179 Å². The summed E-state index contributed by atoms with van der Waals surface area (Å²) >= 11 is 5.97. The summed E-state index contributed by atoms with van der Waals surface area (Å²) in [4.78, 5) is 21.3. The van der Waals surface area contributed by atoms with E-state index < -0.39 is 0 Å². The minimum absolute atomic E-state index is 0.225. The molecule has 1 heterocycles. The van der Waals surface area contributed by atoms with E-state index in [-0.39, 0.29) is 5.91 Å². The third-order valence-corrected chi connectivity index (χ3v) is 4.74. The molecule has 1 aromatic heterocycles. The smallest absolute Gasteiger partial charge is 0.255 e. The van der Waals surface area contributed by atoms with E-state index in [0.29, 0.717) is 22.2 Å². The van der Waals surface area contributed by atoms with Crippen LogP contribution in [0.2, 0.25) is 5.02 Å². The zero-order valence-corrected chi connectivity index (χ0v) is 17.0. The van der Waals surface area contributed by atoms with Gasteiger partial charge in [0.05, 0.1) is 0 Å². The zero-order chi connectivity index (χ0) is 20.9. The average Bonchev–Trinajstić information content (AvgIpc) is 2.75. The van der Waals surface area contributed by atoms with Gasteiger partial charge in [0.1, 0.15) is 0 Å². The van der Waals surface area contributed by atoms with Crippen LogP contribution in [0.4, 0.5) is 17.3 Å². The van der Waals surface area contributed by atoms with Crippen LogP contribution in [0.1, 0.15) is 15.9 Å². The highest BCUT2D eigenvalue weighted by atomic mass is 35.5. The maximum Gasteiger partial charge on any atom is 0.255 e. The van der Waals surface area contributed by atoms with E-state index in [4.69, 9.17) is 11.6 Å². The van der Waals surface area contributed by atoms with Gasteiger partial charge in [0, 0.05) is 39.9 Å². The minimum atomic E-state index is -0.225. The van der Waals surface area contributed by atoms with E-state index in [9.17, 15) is 4.79 Å². The second-order valence-corrected chi connectivity index (χ2v) is 7.27. The number of hydrogen-bond donors (Lipinski definition) is 2. The minimum Gasteiger partial charge on any atom is -0.324 e. The Bertz CT molecular complexity index is 1170. The summed E-state index contributed by atoms with van der Waals surface area (Å²) in [6, 6.07) is 22.4. The molecule has 3 aromatic carbocycles. The molecule has 0 aliphatic carbocycles. The van der Waals surface area contributed by atoms with Crippen LogP contribution in [-0.2, 0) is 0 Å². The van der Waals surface area contributed by atoms with Crippen molar-refractivity contribution >= 4 is 34.8 Å². The lowest BCUT2D eigenvalue weighted by molar-refractivity contribution is 0.102. The van der Waals surface area contributed by atoms with E-state index in [1.807, 2.05) is 18.2 Å². The first-order valence-electron chi connectivity index (χ1n) is 9.40. The summed E-state index contributed by atoms with van der Waals surface area (Å²) in [5.41, 5.74) is 5.08. The molecule has 4 rings (SSSR count). The van der Waals surface area contributed by atoms with Crippen LogP contribution in [0, 0.1) is 6.92 Å². The number of hydrogen-bond acceptors (Lipinski definition) is 4. The van der Waals surface area contributed by atoms with Crippen LogP contribution in [0.5, 0.6) is 0 Å². The van der Waals surface area contributed by atoms with Crippen molar-refractivity contribution in [3.63, 3.8) is 0 Å². The highest BCUT2D eigenvalue weighted by Gasteiger charge is 2.08. The van der Waals surface area contributed by atoms with Crippen LogP contribution in [0.3, 0.4) is 0 Å². The van der Waals surface area contributed by atoms with Gasteiger partial charge >= 0.3 is 0 Å². The van der Waals surface area contributed by atoms with Gasteiger partial charge in [0.25, 0.3) is 5.91 Å². The number of carbonyl (C=O) groups excluding carboxylic acids is 1. The Morgan fingerprint density at radius 2 is 1.53 bits per heavy atom. The number of nitrogens with zero attached hydrogens (tertiary/aromatic N) is 2. The SMILES string of the molecule is Cc1ccc(-c2cnc(Nc3cccc(C(=O)Nc4cccc(Cl)c4)c3)nc2)cc1. The van der Waals surface area contributed by atoms with Crippen molar-refractivity contribution in [1.82, 2.24) is 9.97 Å². The van der Waals surface area contributed by atoms with Crippen LogP contribution >= 0.6 is 11.6 Å². The molecule has 148 valence electrons. The van der Waals surface area contributed by atoms with Crippen molar-refractivity contribution in [2.24, 2.45) is 0 Å². The summed E-state index contributed by atoms with van der Waals surface area (Å²) in [6.07, 6.45) is 3.55. The molecule has 0 saturated heterocycles. The summed E-state index contributed by atoms with van der Waals surface area (Å²) in [5.74, 6) is 0.231. The fraction of sp³-hybridized carbons (Fsp3) is 0.0417. The van der Waals surface area contributed by atoms with Gasteiger partial charge in [-0.05, 0) is 48.9 Å². The van der Waals surface area contributed by atoms with Crippen LogP contribution in [-0.4, -0.2) is 15.9 Å². The maximum atomic E-state index is 12.5. The van der Waals surface area contributed by atoms with Crippen LogP contribution in [0.15, 0.2) is 85.2 Å². The van der Waals surface area contributed by atoms with E-state index in [1.165, 1.54) is 5.56 Å². The van der Waals surface area contributed by atoms with Gasteiger partial charge in [-0.1, -0.05) is 53.6 Å². The second-order valence-electron chi connectivity index (χ2n) is 6.83. The number of anilines is 3. The summed E-state index contributed by atoms with van der Waals surface area (Å²) in [5, 5.41) is 6.54. The number of aryl methyl sites for hydroxylation is 1. The Morgan fingerprint density at radius 1 is 0.833 bits per heavy atom. The number of carbonyl (C=O) groups is 1. The lowest BCUT2D eigenvalue weighted by Gasteiger charge is -2.09. The van der Waals surface area contributed by atoms with E-state index in [2.05, 4.69) is 39.7 Å². The molecule has 0 spiro atoms. The predicted molar refractivity (Wildman–Crippen MR) is 121 cm³/mol. The Balaban J connectivity index is 1.46. The van der Waals surface area contributed by atoms with E-state index in [1.54, 1.807) is 54.9 Å². The van der Waals surface area contributed by atoms with E-state index in [0.717, 1.165) is 16.8 Å². The number of rotatable bonds is 5. The molecule has 6 heteroatoms. The first-order valence-corrected chi connectivity index (χ1v) is 9.78. The molecule has 0 unspecified atom stereocenters. The Kier molecular flexibility index (Phi) is 5.72. The van der Waals surface area contributed by atoms with Crippen molar-refractivity contribution < 1.29 is 4.79 Å². The molecule has 0 atom stereocenters. The fourth-order valence-electron chi connectivity index (χ4n) is 2.92. The maximum absolute atomic E-state index is 12.5. The standard InChI is InChI=1S/C24H19ClN4O/c1-16-8-10-17(11-9-16)19-14-26-24(27-15-19)29-21-6-2-4-18(12-21)23(30)28-22-7-3-5-20(25)13-22/h2-15H,1H3,(H,28,30)(H,26,27,29). The van der Waals surface area contributed by atoms with Gasteiger partial charge in [-0.3, -0.25) is 4.79 Å². The second kappa shape index (κ2) is 8.76. The molecule has 1 amide bonds. The number of nitrogens with one attached hydrogen (secondary N) is 2. The lowest BCUT2D eigenvalue weighted by Crippen LogP contribution is -2.12. The highest BCUT2D eigenvalue weighted by Crippen LogP contribution is 2.21. The van der Waals surface area contributed by atoms with Crippen LogP contribution in [0.25, 0.3) is 11.1 Å². The van der Waals surface area contributed by atoms with Gasteiger partial charge in [-0.25, -0.2) is 9.97 Å². The van der Waals surface area contributed by atoms with Crippen LogP contribution < -0.4 is 10.6 Å². The highest BCUT2D eigenvalue weighted by molar-refractivity contribution is 6.31. The fourth-order valence-corrected chi connectivity index (χ4v) is 3.11. The monoisotopic (exact) mass is 414 g/mol. The van der Waals surface area contributed by atoms with E-state index >= 15 is 0 Å². The van der Waals surface area contributed by atoms with Gasteiger partial charge in [0.15, 0.2) is 0 Å². The van der Waals surface area contributed by atoms with Crippen molar-refractivity contribution in [3.8, 4) is 11.1 Å². The average molecular weight is 415 g/mol. The Hall–Kier alpha value is -3.70. The number of amides is 1. The van der Waals surface area contributed by atoms with Crippen molar-refractivity contribution in [1.29, 1.82) is 0 Å². The molecule has 0 radical (unpaired) electrons. The van der Waals surface area contributed by atoms with Crippen molar-refractivity contribution in [2.45, 2.75) is 6.92 Å². The van der Waals surface area contributed by atoms with Crippen molar-refractivity contribution in [3.05, 3.63) is 101 Å². The summed E-state index contributed by atoms with van der Waals surface area (Å²) in [7, 11) is 0. The normalized spacial score (nSPS) is 10.5. The van der Waals surface area contributed by atoms with Gasteiger partial charge in [0.2, 0.25) is 5.95 Å². The number of aromatic nitrogens is 2. The summed E-state index contributed by atoms with van der Waals surface area (Å²) < 4.78 is 0. The quantitative estimate of drug-likeness (QED) is 0.414. The van der Waals surface area contributed by atoms with Gasteiger partial charge in [-0.2, -0.15) is 0 Å². The molecule has 0 aliphatic rings. The molecular formula is C24H19ClN4O. The largest absolute Gasteiger partial charge is 0.324 e. The first kappa shape index (κ1) is 19.6. The lowest BCUT2D eigenvalue weighted by atomic mass is 10.1. The molecule has 2 N–H and O–H groups in total. The molecule has 30 heavy (non-hydrogen) atoms.